The molecule has 0 saturated heterocycles. The molecule has 32 heavy (non-hydrogen) atoms. The first-order chi connectivity index (χ1) is 15.3. The zero-order valence-electron chi connectivity index (χ0n) is 18.4. The summed E-state index contributed by atoms with van der Waals surface area (Å²) in [5.74, 6) is 0.558. The van der Waals surface area contributed by atoms with Gasteiger partial charge in [0.05, 0.1) is 21.8 Å². The highest BCUT2D eigenvalue weighted by Crippen LogP contribution is 2.29. The fourth-order valence-corrected chi connectivity index (χ4v) is 4.15. The molecule has 0 aliphatic carbocycles. The van der Waals surface area contributed by atoms with Crippen LogP contribution in [0.1, 0.15) is 46.0 Å². The smallest absolute Gasteiger partial charge is 0.272 e. The summed E-state index contributed by atoms with van der Waals surface area (Å²) in [5, 5.41) is 8.67. The van der Waals surface area contributed by atoms with E-state index in [1.54, 1.807) is 16.8 Å². The Morgan fingerprint density at radius 3 is 2.22 bits per heavy atom. The quantitative estimate of drug-likeness (QED) is 0.370. The van der Waals surface area contributed by atoms with Gasteiger partial charge in [0, 0.05) is 17.0 Å². The Hall–Kier alpha value is -3.02. The molecule has 7 heteroatoms. The topological polar surface area (TPSA) is 51.9 Å². The lowest BCUT2D eigenvalue weighted by atomic mass is 10.1. The van der Waals surface area contributed by atoms with Gasteiger partial charge in [-0.3, -0.25) is 4.79 Å². The molecule has 164 valence electrons. The summed E-state index contributed by atoms with van der Waals surface area (Å²) in [5.41, 5.74) is 4.96. The number of aryl methyl sites for hydroxylation is 2. The maximum atomic E-state index is 13.3. The Morgan fingerprint density at radius 2 is 1.59 bits per heavy atom. The van der Waals surface area contributed by atoms with Gasteiger partial charge < -0.3 is 9.88 Å². The SMILES string of the molecule is Cc1c(C(=O)NC(C)c2ccccc2)nn(-c2ccc(Cl)c(Cl)c2)c1-n1c(C)ccc1C. The van der Waals surface area contributed by atoms with Crippen molar-refractivity contribution in [3.63, 3.8) is 0 Å². The van der Waals surface area contributed by atoms with Gasteiger partial charge in [-0.2, -0.15) is 5.10 Å². The second kappa shape index (κ2) is 8.85. The first-order valence-electron chi connectivity index (χ1n) is 10.3. The van der Waals surface area contributed by atoms with E-state index in [1.165, 1.54) is 0 Å². The molecule has 4 aromatic rings. The van der Waals surface area contributed by atoms with Crippen molar-refractivity contribution in [2.75, 3.05) is 0 Å². The Balaban J connectivity index is 1.82. The molecule has 2 aromatic heterocycles. The summed E-state index contributed by atoms with van der Waals surface area (Å²) in [6.07, 6.45) is 0. The second-order valence-electron chi connectivity index (χ2n) is 7.86. The summed E-state index contributed by atoms with van der Waals surface area (Å²) >= 11 is 12.4. The third-order valence-corrected chi connectivity index (χ3v) is 6.32. The maximum Gasteiger partial charge on any atom is 0.272 e. The minimum Gasteiger partial charge on any atom is -0.344 e. The van der Waals surface area contributed by atoms with Crippen molar-refractivity contribution in [3.8, 4) is 11.5 Å². The van der Waals surface area contributed by atoms with Gasteiger partial charge in [-0.1, -0.05) is 53.5 Å². The molecule has 2 aromatic carbocycles. The zero-order chi connectivity index (χ0) is 23.0. The van der Waals surface area contributed by atoms with Crippen LogP contribution in [0.2, 0.25) is 10.0 Å². The van der Waals surface area contributed by atoms with E-state index in [1.807, 2.05) is 76.2 Å². The standard InChI is InChI=1S/C25H24Cl2N4O/c1-15-10-11-16(2)30(15)25-17(3)23(24(32)28-18(4)19-8-6-5-7-9-19)29-31(25)20-12-13-21(26)22(27)14-20/h5-14,18H,1-4H3,(H,28,32). The van der Waals surface area contributed by atoms with Crippen molar-refractivity contribution in [3.05, 3.63) is 98.9 Å². The van der Waals surface area contributed by atoms with Crippen LogP contribution in [0.25, 0.3) is 11.5 Å². The summed E-state index contributed by atoms with van der Waals surface area (Å²) in [6, 6.07) is 19.1. The zero-order valence-corrected chi connectivity index (χ0v) is 19.9. The summed E-state index contributed by atoms with van der Waals surface area (Å²) in [7, 11) is 0. The van der Waals surface area contributed by atoms with Crippen molar-refractivity contribution in [2.45, 2.75) is 33.7 Å². The van der Waals surface area contributed by atoms with E-state index < -0.39 is 0 Å². The maximum absolute atomic E-state index is 13.3. The summed E-state index contributed by atoms with van der Waals surface area (Å²) < 4.78 is 3.84. The van der Waals surface area contributed by atoms with Crippen LogP contribution in [-0.4, -0.2) is 20.3 Å². The monoisotopic (exact) mass is 466 g/mol. The first-order valence-corrected chi connectivity index (χ1v) is 11.1. The highest BCUT2D eigenvalue weighted by Gasteiger charge is 2.25. The molecule has 0 saturated carbocycles. The van der Waals surface area contributed by atoms with Gasteiger partial charge in [0.1, 0.15) is 5.82 Å². The van der Waals surface area contributed by atoms with Crippen LogP contribution in [0.3, 0.4) is 0 Å². The van der Waals surface area contributed by atoms with E-state index in [0.717, 1.165) is 34.0 Å². The van der Waals surface area contributed by atoms with Crippen LogP contribution in [-0.2, 0) is 0 Å². The van der Waals surface area contributed by atoms with Gasteiger partial charge in [0.25, 0.3) is 5.91 Å². The molecule has 0 aliphatic heterocycles. The summed E-state index contributed by atoms with van der Waals surface area (Å²) in [4.78, 5) is 13.3. The molecule has 0 radical (unpaired) electrons. The lowest BCUT2D eigenvalue weighted by molar-refractivity contribution is 0.0934. The number of hydrogen-bond donors (Lipinski definition) is 1. The number of aromatic nitrogens is 3. The highest BCUT2D eigenvalue weighted by molar-refractivity contribution is 6.42. The molecule has 0 bridgehead atoms. The van der Waals surface area contributed by atoms with Crippen LogP contribution < -0.4 is 5.32 Å². The number of hydrogen-bond acceptors (Lipinski definition) is 2. The van der Waals surface area contributed by atoms with E-state index in [4.69, 9.17) is 28.3 Å². The molecule has 5 nitrogen and oxygen atoms in total. The normalized spacial score (nSPS) is 12.1. The molecule has 1 atom stereocenters. The van der Waals surface area contributed by atoms with Crippen molar-refractivity contribution < 1.29 is 4.79 Å². The van der Waals surface area contributed by atoms with Gasteiger partial charge in [-0.05, 0) is 63.6 Å². The molecular weight excluding hydrogens is 443 g/mol. The molecular formula is C25H24Cl2N4O. The Bertz CT molecular complexity index is 1270. The Labute approximate surface area is 197 Å². The van der Waals surface area contributed by atoms with Crippen LogP contribution in [0, 0.1) is 20.8 Å². The number of halogens is 2. The van der Waals surface area contributed by atoms with Crippen LogP contribution in [0.5, 0.6) is 0 Å². The molecule has 0 aliphatic rings. The Morgan fingerprint density at radius 1 is 0.938 bits per heavy atom. The average molecular weight is 467 g/mol. The van der Waals surface area contributed by atoms with Gasteiger partial charge >= 0.3 is 0 Å². The molecule has 0 spiro atoms. The van der Waals surface area contributed by atoms with E-state index in [0.29, 0.717) is 15.7 Å². The molecule has 2 heterocycles. The molecule has 4 rings (SSSR count). The highest BCUT2D eigenvalue weighted by atomic mass is 35.5. The van der Waals surface area contributed by atoms with E-state index >= 15 is 0 Å². The van der Waals surface area contributed by atoms with Gasteiger partial charge in [-0.25, -0.2) is 4.68 Å². The van der Waals surface area contributed by atoms with E-state index in [-0.39, 0.29) is 11.9 Å². The van der Waals surface area contributed by atoms with Gasteiger partial charge in [0.2, 0.25) is 0 Å². The summed E-state index contributed by atoms with van der Waals surface area (Å²) in [6.45, 7) is 7.92. The second-order valence-corrected chi connectivity index (χ2v) is 8.68. The van der Waals surface area contributed by atoms with Crippen molar-refractivity contribution >= 4 is 29.1 Å². The van der Waals surface area contributed by atoms with Crippen molar-refractivity contribution in [1.82, 2.24) is 19.7 Å². The van der Waals surface area contributed by atoms with Crippen LogP contribution >= 0.6 is 23.2 Å². The predicted octanol–water partition coefficient (Wildman–Crippen LogP) is 6.39. The number of nitrogens with one attached hydrogen (secondary N) is 1. The molecule has 1 amide bonds. The lowest BCUT2D eigenvalue weighted by Gasteiger charge is -2.14. The van der Waals surface area contributed by atoms with Gasteiger partial charge in [0.15, 0.2) is 5.69 Å². The minimum atomic E-state index is -0.235. The minimum absolute atomic E-state index is 0.156. The Kier molecular flexibility index (Phi) is 6.13. The van der Waals surface area contributed by atoms with Gasteiger partial charge in [-0.15, -0.1) is 0 Å². The number of benzene rings is 2. The predicted molar refractivity (Wildman–Crippen MR) is 129 cm³/mol. The molecule has 0 fully saturated rings. The number of carbonyl (C=O) groups excluding carboxylic acids is 1. The number of amides is 1. The largest absolute Gasteiger partial charge is 0.344 e. The fourth-order valence-electron chi connectivity index (χ4n) is 3.85. The van der Waals surface area contributed by atoms with Crippen LogP contribution in [0.15, 0.2) is 60.7 Å². The van der Waals surface area contributed by atoms with E-state index in [9.17, 15) is 4.79 Å². The average Bonchev–Trinajstić information content (AvgIpc) is 3.28. The number of carbonyl (C=O) groups is 1. The first kappa shape index (κ1) is 22.2. The molecule has 1 N–H and O–H groups in total. The molecule has 1 unspecified atom stereocenters. The fraction of sp³-hybridized carbons (Fsp3) is 0.200. The van der Waals surface area contributed by atoms with Crippen molar-refractivity contribution in [1.29, 1.82) is 0 Å². The third-order valence-electron chi connectivity index (χ3n) is 5.58. The van der Waals surface area contributed by atoms with Crippen molar-refractivity contribution in [2.24, 2.45) is 0 Å². The van der Waals surface area contributed by atoms with E-state index in [2.05, 4.69) is 9.88 Å². The van der Waals surface area contributed by atoms with Crippen LogP contribution in [0.4, 0.5) is 0 Å². The third kappa shape index (κ3) is 4.06. The number of nitrogens with zero attached hydrogens (tertiary/aromatic N) is 3. The number of rotatable bonds is 5. The lowest BCUT2D eigenvalue weighted by Crippen LogP contribution is -2.27.